The highest BCUT2D eigenvalue weighted by Gasteiger charge is 2.30. The molecule has 6 heteroatoms. The van der Waals surface area contributed by atoms with E-state index in [9.17, 15) is 9.59 Å². The predicted octanol–water partition coefficient (Wildman–Crippen LogP) is 0.975. The van der Waals surface area contributed by atoms with Gasteiger partial charge in [-0.3, -0.25) is 9.69 Å². The van der Waals surface area contributed by atoms with E-state index in [0.717, 1.165) is 25.9 Å². The van der Waals surface area contributed by atoms with Crippen molar-refractivity contribution in [3.05, 3.63) is 0 Å². The smallest absolute Gasteiger partial charge is 0.323 e. The molecule has 2 N–H and O–H groups in total. The molecule has 0 aromatic carbocycles. The first-order valence-electron chi connectivity index (χ1n) is 6.69. The number of rotatable bonds is 3. The van der Waals surface area contributed by atoms with Crippen molar-refractivity contribution in [1.29, 1.82) is 0 Å². The Kier molecular flexibility index (Phi) is 5.17. The summed E-state index contributed by atoms with van der Waals surface area (Å²) in [4.78, 5) is 26.2. The second-order valence-corrected chi connectivity index (χ2v) is 6.05. The van der Waals surface area contributed by atoms with Gasteiger partial charge in [-0.15, -0.1) is 0 Å². The summed E-state index contributed by atoms with van der Waals surface area (Å²) in [5.41, 5.74) is 0.162. The SMILES string of the molecule is CN(C(=O)NCC(=O)O)C1CCN(C(C)(C)C)CC1. The topological polar surface area (TPSA) is 72.9 Å². The maximum atomic E-state index is 11.8. The van der Waals surface area contributed by atoms with E-state index in [1.165, 1.54) is 0 Å². The molecule has 0 atom stereocenters. The lowest BCUT2D eigenvalue weighted by molar-refractivity contribution is -0.135. The standard InChI is InChI=1S/C13H25N3O3/c1-13(2,3)16-7-5-10(6-8-16)15(4)12(19)14-9-11(17)18/h10H,5-9H2,1-4H3,(H,14,19)(H,17,18). The molecule has 1 aliphatic rings. The Labute approximate surface area is 114 Å². The molecule has 0 saturated carbocycles. The number of piperidine rings is 1. The Balaban J connectivity index is 2.42. The zero-order valence-corrected chi connectivity index (χ0v) is 12.3. The molecule has 0 radical (unpaired) electrons. The van der Waals surface area contributed by atoms with Crippen molar-refractivity contribution in [2.24, 2.45) is 0 Å². The van der Waals surface area contributed by atoms with E-state index in [-0.39, 0.29) is 24.2 Å². The summed E-state index contributed by atoms with van der Waals surface area (Å²) in [5.74, 6) is -1.02. The number of carboxylic acids is 1. The van der Waals surface area contributed by atoms with E-state index < -0.39 is 5.97 Å². The molecule has 0 aromatic heterocycles. The van der Waals surface area contributed by atoms with Gasteiger partial charge < -0.3 is 15.3 Å². The first-order valence-corrected chi connectivity index (χ1v) is 6.69. The molecule has 1 heterocycles. The third-order valence-electron chi connectivity index (χ3n) is 3.67. The number of carboxylic acid groups (broad SMARTS) is 1. The van der Waals surface area contributed by atoms with Crippen LogP contribution in [0.4, 0.5) is 4.79 Å². The Morgan fingerprint density at radius 2 is 1.84 bits per heavy atom. The Hall–Kier alpha value is -1.30. The number of carbonyl (C=O) groups excluding carboxylic acids is 1. The maximum Gasteiger partial charge on any atom is 0.323 e. The average molecular weight is 271 g/mol. The van der Waals surface area contributed by atoms with Crippen LogP contribution in [-0.2, 0) is 4.79 Å². The molecular weight excluding hydrogens is 246 g/mol. The van der Waals surface area contributed by atoms with Crippen molar-refractivity contribution in [3.8, 4) is 0 Å². The normalized spacial score (nSPS) is 18.1. The van der Waals surface area contributed by atoms with Gasteiger partial charge in [0.15, 0.2) is 0 Å². The van der Waals surface area contributed by atoms with Gasteiger partial charge in [-0.1, -0.05) is 0 Å². The fourth-order valence-corrected chi connectivity index (χ4v) is 2.37. The van der Waals surface area contributed by atoms with E-state index in [1.807, 2.05) is 0 Å². The lowest BCUT2D eigenvalue weighted by Crippen LogP contribution is -2.53. The Bertz CT molecular complexity index is 331. The molecule has 1 aliphatic heterocycles. The summed E-state index contributed by atoms with van der Waals surface area (Å²) in [6.45, 7) is 8.17. The summed E-state index contributed by atoms with van der Waals surface area (Å²) >= 11 is 0. The van der Waals surface area contributed by atoms with Crippen LogP contribution in [0.2, 0.25) is 0 Å². The van der Waals surface area contributed by atoms with Crippen LogP contribution in [0.1, 0.15) is 33.6 Å². The van der Waals surface area contributed by atoms with Crippen molar-refractivity contribution in [2.75, 3.05) is 26.7 Å². The largest absolute Gasteiger partial charge is 0.480 e. The first kappa shape index (κ1) is 15.8. The van der Waals surface area contributed by atoms with Crippen LogP contribution in [0, 0.1) is 0 Å². The lowest BCUT2D eigenvalue weighted by Gasteiger charge is -2.42. The van der Waals surface area contributed by atoms with Crippen molar-refractivity contribution in [3.63, 3.8) is 0 Å². The lowest BCUT2D eigenvalue weighted by atomic mass is 9.97. The molecule has 0 aromatic rings. The number of aliphatic carboxylic acids is 1. The highest BCUT2D eigenvalue weighted by atomic mass is 16.4. The minimum Gasteiger partial charge on any atom is -0.480 e. The number of likely N-dealkylation sites (tertiary alicyclic amines) is 1. The molecule has 6 nitrogen and oxygen atoms in total. The Morgan fingerprint density at radius 1 is 1.32 bits per heavy atom. The van der Waals surface area contributed by atoms with E-state index in [2.05, 4.69) is 31.0 Å². The number of nitrogens with one attached hydrogen (secondary N) is 1. The molecule has 110 valence electrons. The van der Waals surface area contributed by atoms with Crippen LogP contribution in [0.3, 0.4) is 0 Å². The molecule has 2 amide bonds. The van der Waals surface area contributed by atoms with Crippen molar-refractivity contribution >= 4 is 12.0 Å². The Morgan fingerprint density at radius 3 is 2.26 bits per heavy atom. The summed E-state index contributed by atoms with van der Waals surface area (Å²) < 4.78 is 0. The fourth-order valence-electron chi connectivity index (χ4n) is 2.37. The maximum absolute atomic E-state index is 11.8. The number of amides is 2. The first-order chi connectivity index (χ1) is 8.71. The van der Waals surface area contributed by atoms with Crippen LogP contribution in [-0.4, -0.2) is 65.2 Å². The van der Waals surface area contributed by atoms with Gasteiger partial charge in [0.25, 0.3) is 0 Å². The quantitative estimate of drug-likeness (QED) is 0.802. The van der Waals surface area contributed by atoms with Gasteiger partial charge in [-0.2, -0.15) is 0 Å². The monoisotopic (exact) mass is 271 g/mol. The predicted molar refractivity (Wildman–Crippen MR) is 73.1 cm³/mol. The second-order valence-electron chi connectivity index (χ2n) is 6.05. The minimum absolute atomic E-state index is 0.162. The van der Waals surface area contributed by atoms with Crippen LogP contribution in [0.25, 0.3) is 0 Å². The number of urea groups is 1. The van der Waals surface area contributed by atoms with Gasteiger partial charge in [-0.25, -0.2) is 4.79 Å². The molecule has 1 rings (SSSR count). The van der Waals surface area contributed by atoms with Gasteiger partial charge >= 0.3 is 12.0 Å². The van der Waals surface area contributed by atoms with Gasteiger partial charge in [0.05, 0.1) is 0 Å². The van der Waals surface area contributed by atoms with Crippen molar-refractivity contribution in [2.45, 2.75) is 45.2 Å². The molecule has 0 aliphatic carbocycles. The number of hydrogen-bond donors (Lipinski definition) is 2. The summed E-state index contributed by atoms with van der Waals surface area (Å²) in [6.07, 6.45) is 1.85. The van der Waals surface area contributed by atoms with Crippen molar-refractivity contribution < 1.29 is 14.7 Å². The third-order valence-corrected chi connectivity index (χ3v) is 3.67. The molecular formula is C13H25N3O3. The second kappa shape index (κ2) is 6.23. The van der Waals surface area contributed by atoms with Crippen molar-refractivity contribution in [1.82, 2.24) is 15.1 Å². The molecule has 0 spiro atoms. The van der Waals surface area contributed by atoms with E-state index >= 15 is 0 Å². The van der Waals surface area contributed by atoms with Gasteiger partial charge in [0, 0.05) is 31.7 Å². The fraction of sp³-hybridized carbons (Fsp3) is 0.846. The van der Waals surface area contributed by atoms with E-state index in [0.29, 0.717) is 0 Å². The van der Waals surface area contributed by atoms with Crippen LogP contribution < -0.4 is 5.32 Å². The van der Waals surface area contributed by atoms with Gasteiger partial charge in [-0.05, 0) is 33.6 Å². The molecule has 1 fully saturated rings. The van der Waals surface area contributed by atoms with E-state index in [4.69, 9.17) is 5.11 Å². The summed E-state index contributed by atoms with van der Waals surface area (Å²) in [6, 6.07) is -0.121. The highest BCUT2D eigenvalue weighted by molar-refractivity contribution is 5.79. The average Bonchev–Trinajstić information content (AvgIpc) is 2.34. The number of carbonyl (C=O) groups is 2. The van der Waals surface area contributed by atoms with Gasteiger partial charge in [0.2, 0.25) is 0 Å². The summed E-state index contributed by atoms with van der Waals surface area (Å²) in [5, 5.41) is 10.9. The van der Waals surface area contributed by atoms with Crippen LogP contribution in [0.15, 0.2) is 0 Å². The number of nitrogens with zero attached hydrogens (tertiary/aromatic N) is 2. The molecule has 1 saturated heterocycles. The zero-order chi connectivity index (χ0) is 14.6. The number of hydrogen-bond acceptors (Lipinski definition) is 3. The molecule has 0 bridgehead atoms. The van der Waals surface area contributed by atoms with Gasteiger partial charge in [0.1, 0.15) is 6.54 Å². The molecule has 19 heavy (non-hydrogen) atoms. The third kappa shape index (κ3) is 4.70. The molecule has 0 unspecified atom stereocenters. The van der Waals surface area contributed by atoms with Crippen LogP contribution >= 0.6 is 0 Å². The highest BCUT2D eigenvalue weighted by Crippen LogP contribution is 2.22. The summed E-state index contributed by atoms with van der Waals surface area (Å²) in [7, 11) is 1.73. The van der Waals surface area contributed by atoms with E-state index in [1.54, 1.807) is 11.9 Å². The minimum atomic E-state index is -1.02. The zero-order valence-electron chi connectivity index (χ0n) is 12.3. The van der Waals surface area contributed by atoms with Crippen LogP contribution in [0.5, 0.6) is 0 Å².